The average Bonchev–Trinajstić information content (AvgIpc) is 2.13. The van der Waals surface area contributed by atoms with Crippen molar-refractivity contribution in [2.45, 2.75) is 0 Å². The molecular weight excluding hydrogens is 268 g/mol. The van der Waals surface area contributed by atoms with Crippen LogP contribution < -0.4 is 0 Å². The van der Waals surface area contributed by atoms with Crippen LogP contribution in [-0.2, 0) is 4.79 Å². The number of aliphatic carboxylic acids is 1. The maximum absolute atomic E-state index is 10.5. The lowest BCUT2D eigenvalue weighted by Crippen LogP contribution is -1.92. The van der Waals surface area contributed by atoms with Gasteiger partial charge in [0.1, 0.15) is 4.60 Å². The van der Waals surface area contributed by atoms with Gasteiger partial charge < -0.3 is 5.11 Å². The van der Waals surface area contributed by atoms with E-state index in [1.165, 1.54) is 18.2 Å². The number of carbonyl (C=O) groups is 1. The SMILES string of the molecule is O=C(O)/C=C/c1cc([N+](=O)[O-])cc(Br)n1. The molecule has 0 aliphatic heterocycles. The van der Waals surface area contributed by atoms with Gasteiger partial charge in [-0.1, -0.05) is 0 Å². The van der Waals surface area contributed by atoms with E-state index in [2.05, 4.69) is 20.9 Å². The number of carboxylic acids is 1. The zero-order valence-corrected chi connectivity index (χ0v) is 8.84. The Morgan fingerprint density at radius 3 is 2.80 bits per heavy atom. The van der Waals surface area contributed by atoms with Crippen molar-refractivity contribution in [3.8, 4) is 0 Å². The van der Waals surface area contributed by atoms with E-state index in [0.717, 1.165) is 6.08 Å². The first-order valence-electron chi connectivity index (χ1n) is 3.72. The van der Waals surface area contributed by atoms with E-state index in [-0.39, 0.29) is 16.0 Å². The number of nitrogens with zero attached hydrogens (tertiary/aromatic N) is 2. The molecule has 0 amide bonds. The van der Waals surface area contributed by atoms with Crippen LogP contribution in [0.1, 0.15) is 5.69 Å². The quantitative estimate of drug-likeness (QED) is 0.392. The van der Waals surface area contributed by atoms with E-state index < -0.39 is 10.9 Å². The minimum atomic E-state index is -1.14. The summed E-state index contributed by atoms with van der Waals surface area (Å²) in [4.78, 5) is 23.9. The minimum Gasteiger partial charge on any atom is -0.478 e. The fourth-order valence-electron chi connectivity index (χ4n) is 0.851. The second kappa shape index (κ2) is 4.65. The molecule has 0 aliphatic rings. The largest absolute Gasteiger partial charge is 0.478 e. The van der Waals surface area contributed by atoms with Crippen LogP contribution in [0.25, 0.3) is 6.08 Å². The van der Waals surface area contributed by atoms with Crippen molar-refractivity contribution in [3.05, 3.63) is 38.6 Å². The number of pyridine rings is 1. The first-order chi connectivity index (χ1) is 6.99. The fraction of sp³-hybridized carbons (Fsp3) is 0. The Hall–Kier alpha value is -1.76. The molecule has 0 radical (unpaired) electrons. The number of carboxylic acid groups (broad SMARTS) is 1. The summed E-state index contributed by atoms with van der Waals surface area (Å²) in [5.74, 6) is -1.14. The molecule has 1 aromatic heterocycles. The number of hydrogen-bond donors (Lipinski definition) is 1. The molecule has 0 unspecified atom stereocenters. The molecule has 0 spiro atoms. The lowest BCUT2D eigenvalue weighted by atomic mass is 10.3. The van der Waals surface area contributed by atoms with Crippen LogP contribution >= 0.6 is 15.9 Å². The molecule has 0 saturated carbocycles. The maximum Gasteiger partial charge on any atom is 0.328 e. The first kappa shape index (κ1) is 11.3. The third kappa shape index (κ3) is 3.47. The van der Waals surface area contributed by atoms with Crippen molar-refractivity contribution in [2.24, 2.45) is 0 Å². The highest BCUT2D eigenvalue weighted by Crippen LogP contribution is 2.18. The molecule has 6 nitrogen and oxygen atoms in total. The molecule has 0 fully saturated rings. The Morgan fingerprint density at radius 2 is 2.27 bits per heavy atom. The van der Waals surface area contributed by atoms with Crippen LogP contribution in [-0.4, -0.2) is 21.0 Å². The molecule has 0 bridgehead atoms. The van der Waals surface area contributed by atoms with Gasteiger partial charge >= 0.3 is 5.97 Å². The van der Waals surface area contributed by atoms with Crippen molar-refractivity contribution < 1.29 is 14.8 Å². The summed E-state index contributed by atoms with van der Waals surface area (Å²) in [5, 5.41) is 18.8. The molecule has 78 valence electrons. The molecule has 0 aromatic carbocycles. The summed E-state index contributed by atoms with van der Waals surface area (Å²) >= 11 is 2.99. The molecular formula is C8H5BrN2O4. The van der Waals surface area contributed by atoms with Crippen molar-refractivity contribution >= 4 is 33.7 Å². The second-order valence-corrected chi connectivity index (χ2v) is 3.31. The Bertz CT molecular complexity index is 444. The van der Waals surface area contributed by atoms with Gasteiger partial charge in [-0.15, -0.1) is 0 Å². The number of aromatic nitrogens is 1. The number of hydrogen-bond acceptors (Lipinski definition) is 4. The predicted molar refractivity (Wildman–Crippen MR) is 55.3 cm³/mol. The van der Waals surface area contributed by atoms with Gasteiger partial charge in [-0.25, -0.2) is 9.78 Å². The standard InChI is InChI=1S/C8H5BrN2O4/c9-7-4-6(11(14)15)3-5(10-7)1-2-8(12)13/h1-4H,(H,12,13)/b2-1+. The summed E-state index contributed by atoms with van der Waals surface area (Å²) in [5.41, 5.74) is 0.0559. The molecule has 0 atom stereocenters. The molecule has 1 aromatic rings. The topological polar surface area (TPSA) is 93.3 Å². The summed E-state index contributed by atoms with van der Waals surface area (Å²) < 4.78 is 0.279. The third-order valence-electron chi connectivity index (χ3n) is 1.41. The Kier molecular flexibility index (Phi) is 3.51. The molecule has 0 aliphatic carbocycles. The van der Waals surface area contributed by atoms with Crippen molar-refractivity contribution in [2.75, 3.05) is 0 Å². The fourth-order valence-corrected chi connectivity index (χ4v) is 1.29. The van der Waals surface area contributed by atoms with Gasteiger partial charge in [0, 0.05) is 18.2 Å². The highest BCUT2D eigenvalue weighted by atomic mass is 79.9. The van der Waals surface area contributed by atoms with Crippen molar-refractivity contribution in [1.29, 1.82) is 0 Å². The number of nitro groups is 1. The number of rotatable bonds is 3. The summed E-state index contributed by atoms with van der Waals surface area (Å²) in [6.07, 6.45) is 2.04. The van der Waals surface area contributed by atoms with Crippen LogP contribution in [0.15, 0.2) is 22.8 Å². The minimum absolute atomic E-state index is 0.151. The number of halogens is 1. The molecule has 1 rings (SSSR count). The van der Waals surface area contributed by atoms with Crippen molar-refractivity contribution in [3.63, 3.8) is 0 Å². The summed E-state index contributed by atoms with van der Waals surface area (Å²) in [6, 6.07) is 2.42. The van der Waals surface area contributed by atoms with Crippen LogP contribution in [0, 0.1) is 10.1 Å². The highest BCUT2D eigenvalue weighted by molar-refractivity contribution is 9.10. The summed E-state index contributed by atoms with van der Waals surface area (Å²) in [6.45, 7) is 0. The molecule has 15 heavy (non-hydrogen) atoms. The molecule has 0 saturated heterocycles. The van der Waals surface area contributed by atoms with Gasteiger partial charge in [-0.2, -0.15) is 0 Å². The third-order valence-corrected chi connectivity index (χ3v) is 1.81. The molecule has 7 heteroatoms. The Morgan fingerprint density at radius 1 is 1.60 bits per heavy atom. The molecule has 1 heterocycles. The van der Waals surface area contributed by atoms with E-state index in [1.54, 1.807) is 0 Å². The lowest BCUT2D eigenvalue weighted by molar-refractivity contribution is -0.385. The van der Waals surface area contributed by atoms with Crippen LogP contribution in [0.3, 0.4) is 0 Å². The Labute approximate surface area is 92.5 Å². The van der Waals surface area contributed by atoms with E-state index in [4.69, 9.17) is 5.11 Å². The van der Waals surface area contributed by atoms with Crippen LogP contribution in [0.4, 0.5) is 5.69 Å². The predicted octanol–water partition coefficient (Wildman–Crippen LogP) is 1.85. The van der Waals surface area contributed by atoms with Gasteiger partial charge in [0.05, 0.1) is 10.6 Å². The van der Waals surface area contributed by atoms with E-state index in [9.17, 15) is 14.9 Å². The maximum atomic E-state index is 10.5. The van der Waals surface area contributed by atoms with Crippen molar-refractivity contribution in [1.82, 2.24) is 4.98 Å². The van der Waals surface area contributed by atoms with Gasteiger partial charge in [0.2, 0.25) is 0 Å². The average molecular weight is 273 g/mol. The van der Waals surface area contributed by atoms with Gasteiger partial charge in [-0.3, -0.25) is 10.1 Å². The Balaban J connectivity index is 3.09. The van der Waals surface area contributed by atoms with E-state index in [1.807, 2.05) is 0 Å². The van der Waals surface area contributed by atoms with E-state index >= 15 is 0 Å². The smallest absolute Gasteiger partial charge is 0.328 e. The van der Waals surface area contributed by atoms with Crippen LogP contribution in [0.5, 0.6) is 0 Å². The molecule has 1 N–H and O–H groups in total. The lowest BCUT2D eigenvalue weighted by Gasteiger charge is -1.95. The second-order valence-electron chi connectivity index (χ2n) is 2.50. The highest BCUT2D eigenvalue weighted by Gasteiger charge is 2.08. The van der Waals surface area contributed by atoms with Gasteiger partial charge in [-0.05, 0) is 22.0 Å². The summed E-state index contributed by atoms with van der Waals surface area (Å²) in [7, 11) is 0. The van der Waals surface area contributed by atoms with Crippen LogP contribution in [0.2, 0.25) is 0 Å². The monoisotopic (exact) mass is 272 g/mol. The first-order valence-corrected chi connectivity index (χ1v) is 4.51. The normalized spacial score (nSPS) is 10.5. The zero-order valence-electron chi connectivity index (χ0n) is 7.25. The zero-order chi connectivity index (χ0) is 11.4. The van der Waals surface area contributed by atoms with Gasteiger partial charge in [0.15, 0.2) is 0 Å². The van der Waals surface area contributed by atoms with E-state index in [0.29, 0.717) is 0 Å². The van der Waals surface area contributed by atoms with Gasteiger partial charge in [0.25, 0.3) is 5.69 Å².